The highest BCUT2D eigenvalue weighted by atomic mass is 16.5. The number of fused-ring (bicyclic) bond motifs is 1. The SMILES string of the molecule is CCNC(=NCc1nnc2ccccn12)NCCCOC(C)c1ccccc1. The molecule has 0 fully saturated rings. The van der Waals surface area contributed by atoms with E-state index < -0.39 is 0 Å². The van der Waals surface area contributed by atoms with Crippen LogP contribution in [0.2, 0.25) is 0 Å². The topological polar surface area (TPSA) is 75.8 Å². The number of hydrogen-bond acceptors (Lipinski definition) is 4. The zero-order valence-corrected chi connectivity index (χ0v) is 16.5. The second kappa shape index (κ2) is 10.4. The number of rotatable bonds is 9. The molecule has 3 rings (SSSR count). The van der Waals surface area contributed by atoms with Crippen LogP contribution in [0.25, 0.3) is 5.65 Å². The molecule has 148 valence electrons. The molecule has 2 N–H and O–H groups in total. The van der Waals surface area contributed by atoms with E-state index in [0.717, 1.165) is 36.9 Å². The third kappa shape index (κ3) is 5.53. The molecule has 0 aliphatic heterocycles. The van der Waals surface area contributed by atoms with E-state index in [1.165, 1.54) is 5.56 Å². The Balaban J connectivity index is 1.44. The van der Waals surface area contributed by atoms with Gasteiger partial charge >= 0.3 is 0 Å². The van der Waals surface area contributed by atoms with Crippen LogP contribution in [0.15, 0.2) is 59.7 Å². The molecular formula is C21H28N6O. The molecule has 7 heteroatoms. The minimum atomic E-state index is 0.101. The standard InChI is InChI=1S/C21H28N6O/c1-3-22-21(24-16-20-26-25-19-12-7-8-14-27(19)20)23-13-9-15-28-17(2)18-10-5-4-6-11-18/h4-8,10-12,14,17H,3,9,13,15-16H2,1-2H3,(H2,22,23,24). The van der Waals surface area contributed by atoms with Gasteiger partial charge in [-0.15, -0.1) is 10.2 Å². The van der Waals surface area contributed by atoms with Crippen LogP contribution in [0, 0.1) is 0 Å². The average molecular weight is 380 g/mol. The first-order valence-corrected chi connectivity index (χ1v) is 9.75. The largest absolute Gasteiger partial charge is 0.374 e. The van der Waals surface area contributed by atoms with Crippen LogP contribution in [0.3, 0.4) is 0 Å². The van der Waals surface area contributed by atoms with Crippen molar-refractivity contribution in [3.05, 3.63) is 66.1 Å². The molecular weight excluding hydrogens is 352 g/mol. The Labute approximate surface area is 165 Å². The number of aliphatic imine (C=N–C) groups is 1. The lowest BCUT2D eigenvalue weighted by molar-refractivity contribution is 0.0646. The number of benzene rings is 1. The summed E-state index contributed by atoms with van der Waals surface area (Å²) in [5, 5.41) is 15.0. The van der Waals surface area contributed by atoms with Gasteiger partial charge in [-0.3, -0.25) is 4.40 Å². The molecule has 2 aromatic heterocycles. The van der Waals surface area contributed by atoms with E-state index in [4.69, 9.17) is 4.74 Å². The third-order valence-electron chi connectivity index (χ3n) is 4.36. The smallest absolute Gasteiger partial charge is 0.191 e. The van der Waals surface area contributed by atoms with E-state index in [1.54, 1.807) is 0 Å². The Kier molecular flexibility index (Phi) is 7.37. The minimum Gasteiger partial charge on any atom is -0.374 e. The first-order chi connectivity index (χ1) is 13.8. The predicted octanol–water partition coefficient (Wildman–Crippen LogP) is 2.95. The molecule has 0 radical (unpaired) electrons. The fourth-order valence-corrected chi connectivity index (χ4v) is 2.85. The zero-order valence-electron chi connectivity index (χ0n) is 16.5. The number of aromatic nitrogens is 3. The lowest BCUT2D eigenvalue weighted by Crippen LogP contribution is -2.38. The number of nitrogens with one attached hydrogen (secondary N) is 2. The summed E-state index contributed by atoms with van der Waals surface area (Å²) in [5.41, 5.74) is 2.03. The minimum absolute atomic E-state index is 0.101. The van der Waals surface area contributed by atoms with Crippen molar-refractivity contribution in [2.75, 3.05) is 19.7 Å². The van der Waals surface area contributed by atoms with E-state index in [0.29, 0.717) is 13.2 Å². The molecule has 0 aliphatic carbocycles. The number of nitrogens with zero attached hydrogens (tertiary/aromatic N) is 4. The Morgan fingerprint density at radius 1 is 1.11 bits per heavy atom. The van der Waals surface area contributed by atoms with Gasteiger partial charge in [0, 0.05) is 25.9 Å². The molecule has 0 saturated carbocycles. The van der Waals surface area contributed by atoms with Crippen LogP contribution in [-0.4, -0.2) is 40.3 Å². The molecule has 1 aromatic carbocycles. The maximum absolute atomic E-state index is 5.92. The normalized spacial score (nSPS) is 12.9. The summed E-state index contributed by atoms with van der Waals surface area (Å²) >= 11 is 0. The lowest BCUT2D eigenvalue weighted by Gasteiger charge is -2.14. The van der Waals surface area contributed by atoms with Gasteiger partial charge in [0.15, 0.2) is 17.4 Å². The van der Waals surface area contributed by atoms with Gasteiger partial charge < -0.3 is 15.4 Å². The lowest BCUT2D eigenvalue weighted by atomic mass is 10.1. The van der Waals surface area contributed by atoms with Crippen molar-refractivity contribution in [1.82, 2.24) is 25.2 Å². The highest BCUT2D eigenvalue weighted by molar-refractivity contribution is 5.79. The average Bonchev–Trinajstić information content (AvgIpc) is 3.15. The van der Waals surface area contributed by atoms with Crippen molar-refractivity contribution in [3.8, 4) is 0 Å². The molecule has 0 amide bonds. The molecule has 3 aromatic rings. The molecule has 0 spiro atoms. The van der Waals surface area contributed by atoms with Crippen molar-refractivity contribution in [1.29, 1.82) is 0 Å². The van der Waals surface area contributed by atoms with Crippen LogP contribution in [0.4, 0.5) is 0 Å². The van der Waals surface area contributed by atoms with Crippen LogP contribution in [0.5, 0.6) is 0 Å². The molecule has 0 aliphatic rings. The number of ether oxygens (including phenoxy) is 1. The fourth-order valence-electron chi connectivity index (χ4n) is 2.85. The zero-order chi connectivity index (χ0) is 19.6. The van der Waals surface area contributed by atoms with E-state index in [2.05, 4.69) is 44.9 Å². The van der Waals surface area contributed by atoms with Crippen molar-refractivity contribution in [3.63, 3.8) is 0 Å². The van der Waals surface area contributed by atoms with Gasteiger partial charge in [0.2, 0.25) is 0 Å². The van der Waals surface area contributed by atoms with Crippen LogP contribution in [0.1, 0.15) is 37.8 Å². The van der Waals surface area contributed by atoms with Gasteiger partial charge in [-0.25, -0.2) is 4.99 Å². The molecule has 28 heavy (non-hydrogen) atoms. The third-order valence-corrected chi connectivity index (χ3v) is 4.36. The Bertz CT molecular complexity index is 877. The van der Waals surface area contributed by atoms with E-state index in [9.17, 15) is 0 Å². The number of hydrogen-bond donors (Lipinski definition) is 2. The van der Waals surface area contributed by atoms with Crippen LogP contribution < -0.4 is 10.6 Å². The maximum Gasteiger partial charge on any atom is 0.191 e. The summed E-state index contributed by atoms with van der Waals surface area (Å²) in [7, 11) is 0. The molecule has 1 atom stereocenters. The number of guanidine groups is 1. The fraction of sp³-hybridized carbons (Fsp3) is 0.381. The van der Waals surface area contributed by atoms with Gasteiger partial charge in [0.1, 0.15) is 6.54 Å². The first kappa shape index (κ1) is 19.8. The van der Waals surface area contributed by atoms with Crippen molar-refractivity contribution >= 4 is 11.6 Å². The highest BCUT2D eigenvalue weighted by Gasteiger charge is 2.06. The summed E-state index contributed by atoms with van der Waals surface area (Å²) in [6.07, 6.45) is 2.95. The number of pyridine rings is 1. The second-order valence-electron chi connectivity index (χ2n) is 6.44. The predicted molar refractivity (Wildman–Crippen MR) is 111 cm³/mol. The summed E-state index contributed by atoms with van der Waals surface area (Å²) in [6, 6.07) is 16.1. The molecule has 0 bridgehead atoms. The van der Waals surface area contributed by atoms with E-state index in [1.807, 2.05) is 53.9 Å². The van der Waals surface area contributed by atoms with E-state index >= 15 is 0 Å². The van der Waals surface area contributed by atoms with Gasteiger partial charge in [0.25, 0.3) is 0 Å². The highest BCUT2D eigenvalue weighted by Crippen LogP contribution is 2.15. The van der Waals surface area contributed by atoms with Crippen LogP contribution in [-0.2, 0) is 11.3 Å². The quantitative estimate of drug-likeness (QED) is 0.339. The maximum atomic E-state index is 5.92. The van der Waals surface area contributed by atoms with Gasteiger partial charge in [-0.1, -0.05) is 36.4 Å². The summed E-state index contributed by atoms with van der Waals surface area (Å²) in [4.78, 5) is 4.62. The van der Waals surface area contributed by atoms with Crippen LogP contribution >= 0.6 is 0 Å². The molecule has 1 unspecified atom stereocenters. The van der Waals surface area contributed by atoms with Crippen molar-refractivity contribution in [2.45, 2.75) is 32.9 Å². The van der Waals surface area contributed by atoms with Crippen molar-refractivity contribution < 1.29 is 4.74 Å². The molecule has 0 saturated heterocycles. The van der Waals surface area contributed by atoms with E-state index in [-0.39, 0.29) is 6.10 Å². The summed E-state index contributed by atoms with van der Waals surface area (Å²) in [6.45, 7) is 6.87. The van der Waals surface area contributed by atoms with Gasteiger partial charge in [0.05, 0.1) is 6.10 Å². The Morgan fingerprint density at radius 3 is 2.75 bits per heavy atom. The molecule has 2 heterocycles. The van der Waals surface area contributed by atoms with Gasteiger partial charge in [-0.2, -0.15) is 0 Å². The van der Waals surface area contributed by atoms with Gasteiger partial charge in [-0.05, 0) is 38.0 Å². The summed E-state index contributed by atoms with van der Waals surface area (Å²) in [5.74, 6) is 1.58. The Hall–Kier alpha value is -2.93. The molecule has 7 nitrogen and oxygen atoms in total. The first-order valence-electron chi connectivity index (χ1n) is 9.75. The Morgan fingerprint density at radius 2 is 1.93 bits per heavy atom. The second-order valence-corrected chi connectivity index (χ2v) is 6.44. The monoisotopic (exact) mass is 380 g/mol. The van der Waals surface area contributed by atoms with Crippen molar-refractivity contribution in [2.24, 2.45) is 4.99 Å². The summed E-state index contributed by atoms with van der Waals surface area (Å²) < 4.78 is 7.87.